The summed E-state index contributed by atoms with van der Waals surface area (Å²) in [6.07, 6.45) is 2.39. The Balaban J connectivity index is 2.35. The number of nitrogens with two attached hydrogens (primary N) is 1. The fraction of sp³-hybridized carbons (Fsp3) is 0.500. The van der Waals surface area contributed by atoms with Gasteiger partial charge in [-0.2, -0.15) is 0 Å². The van der Waals surface area contributed by atoms with E-state index in [2.05, 4.69) is 45.9 Å². The molecule has 104 valence electrons. The monoisotopic (exact) mass is 324 g/mol. The van der Waals surface area contributed by atoms with Crippen LogP contribution in [0.5, 0.6) is 0 Å². The highest BCUT2D eigenvalue weighted by Gasteiger charge is 2.27. The zero-order chi connectivity index (χ0) is 14.0. The molecule has 3 N–H and O–H groups in total. The first-order valence-electron chi connectivity index (χ1n) is 6.55. The van der Waals surface area contributed by atoms with Gasteiger partial charge in [0.25, 0.3) is 0 Å². The minimum absolute atomic E-state index is 0.123. The first kappa shape index (κ1) is 14.3. The molecule has 1 unspecified atom stereocenters. The van der Waals surface area contributed by atoms with E-state index >= 15 is 0 Å². The van der Waals surface area contributed by atoms with Crippen LogP contribution in [-0.4, -0.2) is 44.0 Å². The van der Waals surface area contributed by atoms with E-state index in [-0.39, 0.29) is 5.84 Å². The number of rotatable bonds is 4. The SMILES string of the molecule is CN(C)CC1CCCN1c1cccc(Br)c1C(=N)N. The maximum atomic E-state index is 7.80. The normalized spacial score (nSPS) is 19.2. The Morgan fingerprint density at radius 2 is 2.26 bits per heavy atom. The minimum atomic E-state index is 0.123. The molecule has 0 radical (unpaired) electrons. The van der Waals surface area contributed by atoms with Crippen molar-refractivity contribution in [3.8, 4) is 0 Å². The third-order valence-corrected chi connectivity index (χ3v) is 4.18. The van der Waals surface area contributed by atoms with Crippen LogP contribution in [0.2, 0.25) is 0 Å². The van der Waals surface area contributed by atoms with Crippen molar-refractivity contribution in [2.24, 2.45) is 5.73 Å². The van der Waals surface area contributed by atoms with Crippen LogP contribution < -0.4 is 10.6 Å². The number of benzene rings is 1. The van der Waals surface area contributed by atoms with Crippen LogP contribution in [0.1, 0.15) is 18.4 Å². The van der Waals surface area contributed by atoms with Crippen LogP contribution in [0.3, 0.4) is 0 Å². The van der Waals surface area contributed by atoms with E-state index in [0.717, 1.165) is 28.8 Å². The molecule has 1 fully saturated rings. The van der Waals surface area contributed by atoms with Crippen molar-refractivity contribution in [2.45, 2.75) is 18.9 Å². The lowest BCUT2D eigenvalue weighted by Gasteiger charge is -2.30. The summed E-state index contributed by atoms with van der Waals surface area (Å²) < 4.78 is 0.896. The van der Waals surface area contributed by atoms with E-state index in [1.807, 2.05) is 12.1 Å². The fourth-order valence-corrected chi connectivity index (χ4v) is 3.35. The smallest absolute Gasteiger partial charge is 0.126 e. The van der Waals surface area contributed by atoms with Gasteiger partial charge in [0.05, 0.1) is 5.56 Å². The molecule has 1 atom stereocenters. The second-order valence-corrected chi connectivity index (χ2v) is 6.15. The number of nitrogens with one attached hydrogen (secondary N) is 1. The molecule has 0 aliphatic carbocycles. The molecular formula is C14H21BrN4. The highest BCUT2D eigenvalue weighted by molar-refractivity contribution is 9.10. The minimum Gasteiger partial charge on any atom is -0.384 e. The first-order chi connectivity index (χ1) is 9.00. The van der Waals surface area contributed by atoms with Crippen LogP contribution in [0.25, 0.3) is 0 Å². The molecule has 0 aromatic heterocycles. The van der Waals surface area contributed by atoms with Gasteiger partial charge in [-0.05, 0) is 55.0 Å². The predicted molar refractivity (Wildman–Crippen MR) is 84.1 cm³/mol. The van der Waals surface area contributed by atoms with E-state index < -0.39 is 0 Å². The maximum absolute atomic E-state index is 7.80. The molecule has 1 aliphatic heterocycles. The highest BCUT2D eigenvalue weighted by atomic mass is 79.9. The second kappa shape index (κ2) is 5.92. The van der Waals surface area contributed by atoms with Gasteiger partial charge in [-0.3, -0.25) is 5.41 Å². The molecule has 2 rings (SSSR count). The van der Waals surface area contributed by atoms with Crippen molar-refractivity contribution in [1.82, 2.24) is 4.90 Å². The maximum Gasteiger partial charge on any atom is 0.126 e. The van der Waals surface area contributed by atoms with Gasteiger partial charge >= 0.3 is 0 Å². The Morgan fingerprint density at radius 3 is 2.89 bits per heavy atom. The summed E-state index contributed by atoms with van der Waals surface area (Å²) in [4.78, 5) is 4.61. The summed E-state index contributed by atoms with van der Waals surface area (Å²) >= 11 is 3.51. The molecule has 0 saturated carbocycles. The zero-order valence-corrected chi connectivity index (χ0v) is 13.1. The van der Waals surface area contributed by atoms with Gasteiger partial charge in [-0.25, -0.2) is 0 Å². The topological polar surface area (TPSA) is 56.4 Å². The number of nitrogens with zero attached hydrogens (tertiary/aromatic N) is 2. The number of likely N-dealkylation sites (N-methyl/N-ethyl adjacent to an activating group) is 1. The molecule has 5 heteroatoms. The van der Waals surface area contributed by atoms with Gasteiger partial charge in [-0.1, -0.05) is 6.07 Å². The molecule has 1 aliphatic rings. The summed E-state index contributed by atoms with van der Waals surface area (Å²) in [6.45, 7) is 2.07. The summed E-state index contributed by atoms with van der Waals surface area (Å²) in [5, 5.41) is 7.80. The van der Waals surface area contributed by atoms with E-state index in [1.165, 1.54) is 12.8 Å². The summed E-state index contributed by atoms with van der Waals surface area (Å²) in [5.74, 6) is 0.123. The molecule has 4 nitrogen and oxygen atoms in total. The molecule has 0 bridgehead atoms. The van der Waals surface area contributed by atoms with Gasteiger partial charge < -0.3 is 15.5 Å². The summed E-state index contributed by atoms with van der Waals surface area (Å²) in [6, 6.07) is 6.52. The largest absolute Gasteiger partial charge is 0.384 e. The van der Waals surface area contributed by atoms with Gasteiger partial charge in [-0.15, -0.1) is 0 Å². The molecule has 1 heterocycles. The molecule has 1 saturated heterocycles. The number of halogens is 1. The van der Waals surface area contributed by atoms with Crippen LogP contribution in [0, 0.1) is 5.41 Å². The first-order valence-corrected chi connectivity index (χ1v) is 7.34. The third kappa shape index (κ3) is 3.09. The van der Waals surface area contributed by atoms with E-state index in [4.69, 9.17) is 11.1 Å². The van der Waals surface area contributed by atoms with Gasteiger partial charge in [0.2, 0.25) is 0 Å². The zero-order valence-electron chi connectivity index (χ0n) is 11.5. The third-order valence-electron chi connectivity index (χ3n) is 3.52. The Morgan fingerprint density at radius 1 is 1.53 bits per heavy atom. The fourth-order valence-electron chi connectivity index (χ4n) is 2.78. The number of hydrogen-bond acceptors (Lipinski definition) is 3. The van der Waals surface area contributed by atoms with Crippen molar-refractivity contribution in [3.63, 3.8) is 0 Å². The predicted octanol–water partition coefficient (Wildman–Crippen LogP) is 2.26. The van der Waals surface area contributed by atoms with Crippen molar-refractivity contribution in [3.05, 3.63) is 28.2 Å². The Labute approximate surface area is 123 Å². The molecule has 1 aromatic carbocycles. The van der Waals surface area contributed by atoms with E-state index in [9.17, 15) is 0 Å². The summed E-state index contributed by atoms with van der Waals surface area (Å²) in [5.41, 5.74) is 7.63. The molecule has 1 aromatic rings. The van der Waals surface area contributed by atoms with Crippen LogP contribution >= 0.6 is 15.9 Å². The van der Waals surface area contributed by atoms with E-state index in [0.29, 0.717) is 6.04 Å². The van der Waals surface area contributed by atoms with Crippen molar-refractivity contribution in [2.75, 3.05) is 32.1 Å². The van der Waals surface area contributed by atoms with Gasteiger partial charge in [0.15, 0.2) is 0 Å². The quantitative estimate of drug-likeness (QED) is 0.659. The Hall–Kier alpha value is -1.07. The number of anilines is 1. The number of amidine groups is 1. The molecule has 0 amide bonds. The van der Waals surface area contributed by atoms with Crippen molar-refractivity contribution in [1.29, 1.82) is 5.41 Å². The lowest BCUT2D eigenvalue weighted by Crippen LogP contribution is -2.38. The van der Waals surface area contributed by atoms with Crippen LogP contribution in [0.15, 0.2) is 22.7 Å². The lowest BCUT2D eigenvalue weighted by molar-refractivity contribution is 0.372. The van der Waals surface area contributed by atoms with Crippen molar-refractivity contribution >= 4 is 27.5 Å². The molecular weight excluding hydrogens is 304 g/mol. The standard InChI is InChI=1S/C14H21BrN4/c1-18(2)9-10-5-4-8-19(10)12-7-3-6-11(15)13(12)14(16)17/h3,6-7,10H,4-5,8-9H2,1-2H3,(H3,16,17). The van der Waals surface area contributed by atoms with Gasteiger partial charge in [0.1, 0.15) is 5.84 Å². The highest BCUT2D eigenvalue weighted by Crippen LogP contribution is 2.32. The number of nitrogen functional groups attached to an aromatic ring is 1. The van der Waals surface area contributed by atoms with Crippen molar-refractivity contribution < 1.29 is 0 Å². The number of hydrogen-bond donors (Lipinski definition) is 2. The molecule has 19 heavy (non-hydrogen) atoms. The van der Waals surface area contributed by atoms with Gasteiger partial charge in [0, 0.05) is 29.3 Å². The van der Waals surface area contributed by atoms with Crippen LogP contribution in [0.4, 0.5) is 5.69 Å². The second-order valence-electron chi connectivity index (χ2n) is 5.30. The average Bonchev–Trinajstić information content (AvgIpc) is 2.75. The summed E-state index contributed by atoms with van der Waals surface area (Å²) in [7, 11) is 4.20. The van der Waals surface area contributed by atoms with Crippen LogP contribution in [-0.2, 0) is 0 Å². The average molecular weight is 325 g/mol. The lowest BCUT2D eigenvalue weighted by atomic mass is 10.1. The Bertz CT molecular complexity index is 473. The molecule has 0 spiro atoms. The van der Waals surface area contributed by atoms with E-state index in [1.54, 1.807) is 0 Å². The Kier molecular flexibility index (Phi) is 4.47.